The van der Waals surface area contributed by atoms with Gasteiger partial charge in [0.25, 0.3) is 0 Å². The van der Waals surface area contributed by atoms with E-state index >= 15 is 0 Å². The molecule has 1 aliphatic heterocycles. The summed E-state index contributed by atoms with van der Waals surface area (Å²) in [6, 6.07) is 5.32. The van der Waals surface area contributed by atoms with Crippen molar-refractivity contribution >= 4 is 17.4 Å². The highest BCUT2D eigenvalue weighted by Gasteiger charge is 2.33. The van der Waals surface area contributed by atoms with Gasteiger partial charge in [-0.2, -0.15) is 0 Å². The van der Waals surface area contributed by atoms with E-state index in [1.807, 2.05) is 19.9 Å². The number of carbonyl (C=O) groups excluding carboxylic acids is 2. The third-order valence-corrected chi connectivity index (χ3v) is 5.59. The number of Topliss-reactive ketones (excluding diaryl/α,β-unsaturated/α-hetero) is 1. The molecule has 5 heteroatoms. The van der Waals surface area contributed by atoms with Crippen molar-refractivity contribution in [3.8, 4) is 0 Å². The van der Waals surface area contributed by atoms with Crippen LogP contribution in [0.5, 0.6) is 0 Å². The number of hydrogen-bond donors (Lipinski definition) is 1. The predicted octanol–water partition coefficient (Wildman–Crippen LogP) is 3.22. The molecule has 0 unspecified atom stereocenters. The smallest absolute Gasteiger partial charge is 0.223 e. The molecule has 1 heterocycles. The summed E-state index contributed by atoms with van der Waals surface area (Å²) < 4.78 is 14.0. The molecular weight excluding hydrogens is 319 g/mol. The van der Waals surface area contributed by atoms with Gasteiger partial charge >= 0.3 is 0 Å². The number of anilines is 1. The third-order valence-electron chi connectivity index (χ3n) is 5.59. The van der Waals surface area contributed by atoms with Crippen LogP contribution in [0.2, 0.25) is 0 Å². The molecule has 1 aromatic carbocycles. The van der Waals surface area contributed by atoms with E-state index in [-0.39, 0.29) is 35.4 Å². The van der Waals surface area contributed by atoms with Crippen molar-refractivity contribution in [3.05, 3.63) is 29.6 Å². The monoisotopic (exact) mass is 346 g/mol. The van der Waals surface area contributed by atoms with E-state index in [4.69, 9.17) is 0 Å². The van der Waals surface area contributed by atoms with Crippen LogP contribution in [0, 0.1) is 24.6 Å². The average molecular weight is 346 g/mol. The summed E-state index contributed by atoms with van der Waals surface area (Å²) in [5, 5.41) is 3.16. The van der Waals surface area contributed by atoms with Crippen molar-refractivity contribution in [3.63, 3.8) is 0 Å². The molecule has 2 aliphatic rings. The van der Waals surface area contributed by atoms with Crippen LogP contribution < -0.4 is 10.2 Å². The van der Waals surface area contributed by atoms with Gasteiger partial charge in [0.15, 0.2) is 0 Å². The van der Waals surface area contributed by atoms with E-state index in [0.29, 0.717) is 24.9 Å². The van der Waals surface area contributed by atoms with Crippen molar-refractivity contribution in [2.75, 3.05) is 18.0 Å². The van der Waals surface area contributed by atoms with E-state index in [0.717, 1.165) is 31.5 Å². The van der Waals surface area contributed by atoms with Gasteiger partial charge in [-0.05, 0) is 49.8 Å². The topological polar surface area (TPSA) is 49.4 Å². The molecule has 0 spiro atoms. The zero-order chi connectivity index (χ0) is 18.0. The lowest BCUT2D eigenvalue weighted by molar-refractivity contribution is -0.131. The normalized spacial score (nSPS) is 25.1. The Bertz CT molecular complexity index is 653. The molecule has 25 heavy (non-hydrogen) atoms. The number of nitrogens with zero attached hydrogens (tertiary/aromatic N) is 1. The lowest BCUT2D eigenvalue weighted by atomic mass is 9.79. The lowest BCUT2D eigenvalue weighted by Gasteiger charge is -2.35. The first kappa shape index (κ1) is 17.9. The van der Waals surface area contributed by atoms with E-state index in [1.54, 1.807) is 6.07 Å². The van der Waals surface area contributed by atoms with Crippen LogP contribution in [0.3, 0.4) is 0 Å². The number of hydrogen-bond acceptors (Lipinski definition) is 3. The predicted molar refractivity (Wildman–Crippen MR) is 96.0 cm³/mol. The zero-order valence-corrected chi connectivity index (χ0v) is 15.1. The molecule has 2 fully saturated rings. The summed E-state index contributed by atoms with van der Waals surface area (Å²) in [5.41, 5.74) is 1.71. The number of benzene rings is 1. The van der Waals surface area contributed by atoms with Crippen molar-refractivity contribution in [2.45, 2.75) is 52.0 Å². The minimum absolute atomic E-state index is 0.0510. The SMILES string of the molecule is Cc1ccc(F)c(N2CCC(NC(=O)[C@@H]3CCC(=O)C[C@@H]3C)CC2)c1. The average Bonchev–Trinajstić information content (AvgIpc) is 2.57. The van der Waals surface area contributed by atoms with Crippen LogP contribution in [0.15, 0.2) is 18.2 Å². The van der Waals surface area contributed by atoms with Crippen molar-refractivity contribution in [1.29, 1.82) is 0 Å². The van der Waals surface area contributed by atoms with Gasteiger partial charge in [-0.15, -0.1) is 0 Å². The van der Waals surface area contributed by atoms with Crippen LogP contribution in [0.4, 0.5) is 10.1 Å². The lowest BCUT2D eigenvalue weighted by Crippen LogP contribution is -2.48. The van der Waals surface area contributed by atoms with Crippen LogP contribution in [0.1, 0.15) is 44.6 Å². The van der Waals surface area contributed by atoms with Gasteiger partial charge in [0.2, 0.25) is 5.91 Å². The maximum absolute atomic E-state index is 14.0. The van der Waals surface area contributed by atoms with Gasteiger partial charge in [0.1, 0.15) is 11.6 Å². The first-order chi connectivity index (χ1) is 11.9. The highest BCUT2D eigenvalue weighted by Crippen LogP contribution is 2.29. The standard InChI is InChI=1S/C20H27FN2O2/c1-13-3-6-18(21)19(11-13)23-9-7-15(8-10-23)22-20(25)17-5-4-16(24)12-14(17)2/h3,6,11,14-15,17H,4-5,7-10,12H2,1-2H3,(H,22,25)/t14-,17+/m0/s1. The quantitative estimate of drug-likeness (QED) is 0.914. The number of rotatable bonds is 3. The Morgan fingerprint density at radius 3 is 2.64 bits per heavy atom. The minimum atomic E-state index is -0.186. The fourth-order valence-electron chi connectivity index (χ4n) is 4.03. The van der Waals surface area contributed by atoms with E-state index in [2.05, 4.69) is 10.2 Å². The van der Waals surface area contributed by atoms with Gasteiger partial charge in [0.05, 0.1) is 5.69 Å². The van der Waals surface area contributed by atoms with Crippen LogP contribution in [-0.4, -0.2) is 30.8 Å². The Labute approximate surface area is 148 Å². The fraction of sp³-hybridized carbons (Fsp3) is 0.600. The van der Waals surface area contributed by atoms with Gasteiger partial charge in [0, 0.05) is 37.9 Å². The largest absolute Gasteiger partial charge is 0.369 e. The first-order valence-corrected chi connectivity index (χ1v) is 9.27. The molecule has 136 valence electrons. The van der Waals surface area contributed by atoms with Crippen LogP contribution >= 0.6 is 0 Å². The fourth-order valence-corrected chi connectivity index (χ4v) is 4.03. The molecule has 0 radical (unpaired) electrons. The molecule has 1 saturated heterocycles. The Kier molecular flexibility index (Phi) is 5.40. The van der Waals surface area contributed by atoms with Gasteiger partial charge < -0.3 is 10.2 Å². The molecule has 0 aromatic heterocycles. The molecule has 0 bridgehead atoms. The maximum Gasteiger partial charge on any atom is 0.223 e. The molecule has 4 nitrogen and oxygen atoms in total. The summed E-state index contributed by atoms with van der Waals surface area (Å²) in [4.78, 5) is 26.1. The number of ketones is 1. The second-order valence-electron chi connectivity index (χ2n) is 7.59. The third kappa shape index (κ3) is 4.20. The molecule has 1 aliphatic carbocycles. The minimum Gasteiger partial charge on any atom is -0.369 e. The Morgan fingerprint density at radius 2 is 1.96 bits per heavy atom. The summed E-state index contributed by atoms with van der Waals surface area (Å²) in [6.45, 7) is 5.43. The Hall–Kier alpha value is -1.91. The van der Waals surface area contributed by atoms with Crippen LogP contribution in [0.25, 0.3) is 0 Å². The number of aryl methyl sites for hydroxylation is 1. The van der Waals surface area contributed by atoms with E-state index in [9.17, 15) is 14.0 Å². The van der Waals surface area contributed by atoms with Crippen molar-refractivity contribution in [2.24, 2.45) is 11.8 Å². The summed E-state index contributed by atoms with van der Waals surface area (Å²) >= 11 is 0. The van der Waals surface area contributed by atoms with Crippen molar-refractivity contribution in [1.82, 2.24) is 5.32 Å². The number of piperidine rings is 1. The molecule has 2 atom stereocenters. The van der Waals surface area contributed by atoms with E-state index < -0.39 is 0 Å². The highest BCUT2D eigenvalue weighted by molar-refractivity contribution is 5.85. The van der Waals surface area contributed by atoms with E-state index in [1.165, 1.54) is 6.07 Å². The van der Waals surface area contributed by atoms with Crippen LogP contribution in [-0.2, 0) is 9.59 Å². The number of nitrogens with one attached hydrogen (secondary N) is 1. The summed E-state index contributed by atoms with van der Waals surface area (Å²) in [6.07, 6.45) is 3.34. The second kappa shape index (κ2) is 7.54. The molecule has 1 aromatic rings. The van der Waals surface area contributed by atoms with Gasteiger partial charge in [-0.3, -0.25) is 9.59 Å². The second-order valence-corrected chi connectivity index (χ2v) is 7.59. The molecular formula is C20H27FN2O2. The number of halogens is 1. The van der Waals surface area contributed by atoms with Gasteiger partial charge in [-0.1, -0.05) is 13.0 Å². The Morgan fingerprint density at radius 1 is 1.24 bits per heavy atom. The zero-order valence-electron chi connectivity index (χ0n) is 15.1. The Balaban J connectivity index is 1.53. The summed E-state index contributed by atoms with van der Waals surface area (Å²) in [5.74, 6) is 0.242. The first-order valence-electron chi connectivity index (χ1n) is 9.27. The number of carbonyl (C=O) groups is 2. The van der Waals surface area contributed by atoms with Gasteiger partial charge in [-0.25, -0.2) is 4.39 Å². The molecule has 3 rings (SSSR count). The summed E-state index contributed by atoms with van der Waals surface area (Å²) in [7, 11) is 0. The maximum atomic E-state index is 14.0. The molecule has 1 amide bonds. The molecule has 1 saturated carbocycles. The highest BCUT2D eigenvalue weighted by atomic mass is 19.1. The van der Waals surface area contributed by atoms with Crippen molar-refractivity contribution < 1.29 is 14.0 Å². The molecule has 1 N–H and O–H groups in total. The number of amides is 1.